The van der Waals surface area contributed by atoms with Crippen LogP contribution in [0.15, 0.2) is 16.5 Å². The van der Waals surface area contributed by atoms with Crippen LogP contribution in [-0.2, 0) is 11.3 Å². The Labute approximate surface area is 136 Å². The van der Waals surface area contributed by atoms with Gasteiger partial charge in [0.25, 0.3) is 11.6 Å². The van der Waals surface area contributed by atoms with E-state index < -0.39 is 16.6 Å². The number of esters is 1. The Hall–Kier alpha value is -3.17. The van der Waals surface area contributed by atoms with Gasteiger partial charge in [-0.3, -0.25) is 10.1 Å². The van der Waals surface area contributed by atoms with Crippen molar-refractivity contribution in [1.82, 2.24) is 10.2 Å². The summed E-state index contributed by atoms with van der Waals surface area (Å²) in [6, 6.07) is 2.32. The van der Waals surface area contributed by atoms with E-state index in [2.05, 4.69) is 10.2 Å². The van der Waals surface area contributed by atoms with Crippen LogP contribution < -0.4 is 9.47 Å². The maximum atomic E-state index is 12.2. The van der Waals surface area contributed by atoms with Crippen molar-refractivity contribution in [2.75, 3.05) is 13.7 Å². The Balaban J connectivity index is 2.29. The van der Waals surface area contributed by atoms with E-state index in [0.717, 1.165) is 6.07 Å². The molecule has 128 valence electrons. The smallest absolute Gasteiger partial charge is 0.345 e. The first-order chi connectivity index (χ1) is 11.5. The van der Waals surface area contributed by atoms with Crippen molar-refractivity contribution in [3.05, 3.63) is 39.6 Å². The Morgan fingerprint density at radius 3 is 2.62 bits per heavy atom. The van der Waals surface area contributed by atoms with Crippen LogP contribution in [-0.4, -0.2) is 34.8 Å². The molecule has 10 heteroatoms. The molecule has 24 heavy (non-hydrogen) atoms. The number of ether oxygens (including phenoxy) is 3. The number of nitrogens with zero attached hydrogens (tertiary/aromatic N) is 3. The lowest BCUT2D eigenvalue weighted by Gasteiger charge is -2.11. The highest BCUT2D eigenvalue weighted by molar-refractivity contribution is 5.95. The minimum absolute atomic E-state index is 0.0846. The molecule has 0 spiro atoms. The van der Waals surface area contributed by atoms with E-state index in [1.807, 2.05) is 0 Å². The molecule has 2 aromatic rings. The standard InChI is InChI=1S/C14H15N3O7/c1-4-22-12-6-10(17(19)20)9(5-11(12)21-3)14(18)23-7-13-16-15-8(2)24-13/h5-6H,4,7H2,1-3H3. The molecule has 0 amide bonds. The lowest BCUT2D eigenvalue weighted by atomic mass is 10.1. The van der Waals surface area contributed by atoms with E-state index in [1.165, 1.54) is 13.2 Å². The number of methoxy groups -OCH3 is 1. The summed E-state index contributed by atoms with van der Waals surface area (Å²) in [5.74, 6) is -0.172. The number of rotatable bonds is 7. The molecule has 2 rings (SSSR count). The maximum Gasteiger partial charge on any atom is 0.345 e. The van der Waals surface area contributed by atoms with E-state index in [4.69, 9.17) is 18.6 Å². The van der Waals surface area contributed by atoms with Crippen LogP contribution in [0, 0.1) is 17.0 Å². The molecule has 10 nitrogen and oxygen atoms in total. The van der Waals surface area contributed by atoms with Gasteiger partial charge in [0.1, 0.15) is 5.56 Å². The second-order valence-corrected chi connectivity index (χ2v) is 4.50. The third-order valence-electron chi connectivity index (χ3n) is 2.89. The van der Waals surface area contributed by atoms with Crippen molar-refractivity contribution in [3.63, 3.8) is 0 Å². The summed E-state index contributed by atoms with van der Waals surface area (Å²) in [5.41, 5.74) is -0.720. The number of hydrogen-bond donors (Lipinski definition) is 0. The number of nitro groups is 1. The summed E-state index contributed by atoms with van der Waals surface area (Å²) < 4.78 is 20.4. The molecule has 0 atom stereocenters. The highest BCUT2D eigenvalue weighted by Gasteiger charge is 2.26. The summed E-state index contributed by atoms with van der Waals surface area (Å²) in [6.07, 6.45) is 0. The SMILES string of the molecule is CCOc1cc([N+](=O)[O-])c(C(=O)OCc2nnc(C)o2)cc1OC. The molecular weight excluding hydrogens is 322 g/mol. The van der Waals surface area contributed by atoms with Gasteiger partial charge in [0, 0.05) is 13.0 Å². The molecule has 0 N–H and O–H groups in total. The zero-order valence-corrected chi connectivity index (χ0v) is 13.3. The normalized spacial score (nSPS) is 10.3. The van der Waals surface area contributed by atoms with Gasteiger partial charge in [0.2, 0.25) is 5.89 Å². The average molecular weight is 337 g/mol. The van der Waals surface area contributed by atoms with Gasteiger partial charge in [-0.15, -0.1) is 10.2 Å². The Morgan fingerprint density at radius 2 is 2.08 bits per heavy atom. The van der Waals surface area contributed by atoms with Crippen molar-refractivity contribution in [1.29, 1.82) is 0 Å². The van der Waals surface area contributed by atoms with Gasteiger partial charge in [-0.1, -0.05) is 0 Å². The number of hydrogen-bond acceptors (Lipinski definition) is 9. The molecule has 0 aliphatic carbocycles. The molecule has 0 aliphatic rings. The van der Waals surface area contributed by atoms with E-state index >= 15 is 0 Å². The van der Waals surface area contributed by atoms with Crippen molar-refractivity contribution in [3.8, 4) is 11.5 Å². The molecule has 0 fully saturated rings. The van der Waals surface area contributed by atoms with Gasteiger partial charge in [-0.25, -0.2) is 4.79 Å². The predicted octanol–water partition coefficient (Wildman–Crippen LogP) is 2.05. The molecule has 0 unspecified atom stereocenters. The van der Waals surface area contributed by atoms with E-state index in [1.54, 1.807) is 13.8 Å². The molecule has 0 saturated carbocycles. The van der Waals surface area contributed by atoms with Crippen molar-refractivity contribution in [2.45, 2.75) is 20.5 Å². The fourth-order valence-corrected chi connectivity index (χ4v) is 1.89. The second kappa shape index (κ2) is 7.40. The number of aryl methyl sites for hydroxylation is 1. The summed E-state index contributed by atoms with van der Waals surface area (Å²) in [6.45, 7) is 3.29. The molecule has 1 heterocycles. The number of nitro benzene ring substituents is 1. The quantitative estimate of drug-likeness (QED) is 0.423. The third kappa shape index (κ3) is 3.77. The van der Waals surface area contributed by atoms with Gasteiger partial charge in [0.15, 0.2) is 18.1 Å². The van der Waals surface area contributed by atoms with Crippen LogP contribution in [0.4, 0.5) is 5.69 Å². The van der Waals surface area contributed by atoms with Crippen LogP contribution in [0.1, 0.15) is 29.1 Å². The Bertz CT molecular complexity index is 757. The van der Waals surface area contributed by atoms with Crippen LogP contribution in [0.2, 0.25) is 0 Å². The first-order valence-electron chi connectivity index (χ1n) is 6.91. The van der Waals surface area contributed by atoms with Crippen LogP contribution in [0.3, 0.4) is 0 Å². The highest BCUT2D eigenvalue weighted by atomic mass is 16.6. The summed E-state index contributed by atoms with van der Waals surface area (Å²) in [4.78, 5) is 22.7. The first-order valence-corrected chi connectivity index (χ1v) is 6.91. The van der Waals surface area contributed by atoms with E-state index in [0.29, 0.717) is 5.89 Å². The molecule has 0 radical (unpaired) electrons. The van der Waals surface area contributed by atoms with E-state index in [-0.39, 0.29) is 36.2 Å². The van der Waals surface area contributed by atoms with Gasteiger partial charge >= 0.3 is 5.97 Å². The van der Waals surface area contributed by atoms with E-state index in [9.17, 15) is 14.9 Å². The van der Waals surface area contributed by atoms with Crippen molar-refractivity contribution < 1.29 is 28.3 Å². The maximum absolute atomic E-state index is 12.2. The van der Waals surface area contributed by atoms with Gasteiger partial charge in [-0.05, 0) is 6.92 Å². The molecule has 1 aromatic heterocycles. The van der Waals surface area contributed by atoms with Gasteiger partial charge < -0.3 is 18.6 Å². The van der Waals surface area contributed by atoms with Crippen molar-refractivity contribution in [2.24, 2.45) is 0 Å². The predicted molar refractivity (Wildman–Crippen MR) is 79.0 cm³/mol. The Morgan fingerprint density at radius 1 is 1.33 bits per heavy atom. The van der Waals surface area contributed by atoms with Crippen LogP contribution >= 0.6 is 0 Å². The zero-order valence-electron chi connectivity index (χ0n) is 13.3. The fraction of sp³-hybridized carbons (Fsp3) is 0.357. The monoisotopic (exact) mass is 337 g/mol. The average Bonchev–Trinajstić information content (AvgIpc) is 2.97. The lowest BCUT2D eigenvalue weighted by molar-refractivity contribution is -0.385. The fourth-order valence-electron chi connectivity index (χ4n) is 1.89. The van der Waals surface area contributed by atoms with Crippen LogP contribution in [0.5, 0.6) is 11.5 Å². The summed E-state index contributed by atoms with van der Waals surface area (Å²) >= 11 is 0. The lowest BCUT2D eigenvalue weighted by Crippen LogP contribution is -2.10. The molecule has 0 saturated heterocycles. The minimum Gasteiger partial charge on any atom is -0.493 e. The molecule has 1 aromatic carbocycles. The van der Waals surface area contributed by atoms with Crippen molar-refractivity contribution >= 4 is 11.7 Å². The zero-order chi connectivity index (χ0) is 17.7. The topological polar surface area (TPSA) is 127 Å². The number of carbonyl (C=O) groups is 1. The largest absolute Gasteiger partial charge is 0.493 e. The highest BCUT2D eigenvalue weighted by Crippen LogP contribution is 2.35. The number of benzene rings is 1. The summed E-state index contributed by atoms with van der Waals surface area (Å²) in [5, 5.41) is 18.5. The third-order valence-corrected chi connectivity index (χ3v) is 2.89. The van der Waals surface area contributed by atoms with Gasteiger partial charge in [0.05, 0.1) is 24.7 Å². The summed E-state index contributed by atoms with van der Waals surface area (Å²) in [7, 11) is 1.36. The first kappa shape index (κ1) is 17.2. The molecule has 0 bridgehead atoms. The Kier molecular flexibility index (Phi) is 5.30. The minimum atomic E-state index is -0.918. The molecular formula is C14H15N3O7. The van der Waals surface area contributed by atoms with Crippen LogP contribution in [0.25, 0.3) is 0 Å². The molecule has 0 aliphatic heterocycles. The second-order valence-electron chi connectivity index (χ2n) is 4.50. The number of aromatic nitrogens is 2. The van der Waals surface area contributed by atoms with Gasteiger partial charge in [-0.2, -0.15) is 0 Å². The number of carbonyl (C=O) groups excluding carboxylic acids is 1.